The minimum atomic E-state index is -4.48. The number of alkyl halides is 3. The molecule has 22 heavy (non-hydrogen) atoms. The van der Waals surface area contributed by atoms with E-state index in [1.54, 1.807) is 6.92 Å². The third-order valence-electron chi connectivity index (χ3n) is 3.45. The predicted molar refractivity (Wildman–Crippen MR) is 69.2 cm³/mol. The van der Waals surface area contributed by atoms with Crippen molar-refractivity contribution in [1.29, 1.82) is 0 Å². The van der Waals surface area contributed by atoms with Crippen molar-refractivity contribution < 1.29 is 22.7 Å². The highest BCUT2D eigenvalue weighted by Gasteiger charge is 2.35. The van der Waals surface area contributed by atoms with E-state index in [9.17, 15) is 18.0 Å². The van der Waals surface area contributed by atoms with Crippen LogP contribution in [-0.2, 0) is 24.1 Å². The van der Waals surface area contributed by atoms with Gasteiger partial charge in [0.2, 0.25) is 0 Å². The summed E-state index contributed by atoms with van der Waals surface area (Å²) in [5.74, 6) is -0.785. The van der Waals surface area contributed by atoms with Crippen LogP contribution in [0, 0.1) is 0 Å². The number of halogens is 3. The topological polar surface area (TPSA) is 72.8 Å². The second-order valence-electron chi connectivity index (χ2n) is 4.93. The number of esters is 1. The van der Waals surface area contributed by atoms with E-state index in [-0.39, 0.29) is 12.3 Å². The van der Waals surface area contributed by atoms with E-state index in [2.05, 4.69) is 15.3 Å². The Hall–Kier alpha value is -2.32. The van der Waals surface area contributed by atoms with Crippen molar-refractivity contribution in [1.82, 2.24) is 20.0 Å². The number of carbonyl (C=O) groups is 1. The molecular weight excluding hydrogens is 301 g/mol. The number of aryl methyl sites for hydroxylation is 1. The number of carbonyl (C=O) groups excluding carboxylic acids is 1. The summed E-state index contributed by atoms with van der Waals surface area (Å²) in [6.45, 7) is 0.353. The molecule has 118 valence electrons. The van der Waals surface area contributed by atoms with Crippen LogP contribution in [0.5, 0.6) is 0 Å². The molecule has 0 bridgehead atoms. The van der Waals surface area contributed by atoms with E-state index in [4.69, 9.17) is 4.74 Å². The molecular formula is C13H13F3N4O2. The van der Waals surface area contributed by atoms with Crippen molar-refractivity contribution in [3.8, 4) is 11.3 Å². The van der Waals surface area contributed by atoms with Crippen LogP contribution in [0.1, 0.15) is 28.7 Å². The zero-order chi connectivity index (χ0) is 15.9. The van der Waals surface area contributed by atoms with Gasteiger partial charge in [-0.15, -0.1) is 0 Å². The molecule has 0 radical (unpaired) electrons. The highest BCUT2D eigenvalue weighted by Crippen LogP contribution is 2.34. The lowest BCUT2D eigenvalue weighted by Gasteiger charge is -2.12. The Kier molecular flexibility index (Phi) is 3.42. The van der Waals surface area contributed by atoms with Gasteiger partial charge in [0.1, 0.15) is 6.54 Å². The van der Waals surface area contributed by atoms with Gasteiger partial charge in [0.05, 0.1) is 18.5 Å². The summed E-state index contributed by atoms with van der Waals surface area (Å²) in [7, 11) is 0. The maximum atomic E-state index is 12.7. The lowest BCUT2D eigenvalue weighted by Crippen LogP contribution is -2.23. The largest absolute Gasteiger partial charge is 0.461 e. The Morgan fingerprint density at radius 2 is 2.23 bits per heavy atom. The number of aromatic nitrogens is 4. The van der Waals surface area contributed by atoms with Gasteiger partial charge < -0.3 is 4.74 Å². The molecule has 1 aliphatic rings. The monoisotopic (exact) mass is 314 g/mol. The Morgan fingerprint density at radius 1 is 1.45 bits per heavy atom. The van der Waals surface area contributed by atoms with E-state index in [1.807, 2.05) is 0 Å². The Bertz CT molecular complexity index is 717. The number of nitrogens with zero attached hydrogens (tertiary/aromatic N) is 3. The number of aromatic amines is 1. The summed E-state index contributed by atoms with van der Waals surface area (Å²) >= 11 is 0. The molecule has 0 saturated carbocycles. The van der Waals surface area contributed by atoms with Gasteiger partial charge in [-0.2, -0.15) is 23.4 Å². The Balaban J connectivity index is 2.13. The van der Waals surface area contributed by atoms with Crippen molar-refractivity contribution in [3.05, 3.63) is 23.1 Å². The quantitative estimate of drug-likeness (QED) is 0.881. The van der Waals surface area contributed by atoms with E-state index in [0.717, 1.165) is 5.69 Å². The minimum Gasteiger partial charge on any atom is -0.461 e. The van der Waals surface area contributed by atoms with Gasteiger partial charge in [0, 0.05) is 16.8 Å². The van der Waals surface area contributed by atoms with Crippen LogP contribution < -0.4 is 0 Å². The van der Waals surface area contributed by atoms with Gasteiger partial charge in [-0.3, -0.25) is 5.10 Å². The van der Waals surface area contributed by atoms with Gasteiger partial charge in [-0.05, 0) is 19.8 Å². The van der Waals surface area contributed by atoms with Crippen molar-refractivity contribution in [2.24, 2.45) is 0 Å². The average molecular weight is 314 g/mol. The van der Waals surface area contributed by atoms with Gasteiger partial charge in [-0.1, -0.05) is 0 Å². The van der Waals surface area contributed by atoms with Crippen molar-refractivity contribution in [3.63, 3.8) is 0 Å². The third kappa shape index (κ3) is 2.46. The summed E-state index contributed by atoms with van der Waals surface area (Å²) in [4.78, 5) is 12.1. The zero-order valence-electron chi connectivity index (χ0n) is 11.7. The number of ether oxygens (including phenoxy) is 1. The van der Waals surface area contributed by atoms with E-state index >= 15 is 0 Å². The first-order chi connectivity index (χ1) is 10.4. The second-order valence-corrected chi connectivity index (χ2v) is 4.93. The molecule has 0 amide bonds. The minimum absolute atomic E-state index is 0.0851. The van der Waals surface area contributed by atoms with Gasteiger partial charge in [0.25, 0.3) is 0 Å². The molecule has 0 spiro atoms. The van der Waals surface area contributed by atoms with Crippen LogP contribution >= 0.6 is 0 Å². The highest BCUT2D eigenvalue weighted by atomic mass is 19.4. The molecule has 0 aliphatic heterocycles. The fraction of sp³-hybridized carbons (Fsp3) is 0.462. The van der Waals surface area contributed by atoms with E-state index in [1.165, 1.54) is 6.20 Å². The molecule has 2 aromatic heterocycles. The lowest BCUT2D eigenvalue weighted by atomic mass is 9.94. The average Bonchev–Trinajstić information content (AvgIpc) is 2.99. The molecule has 2 aromatic rings. The van der Waals surface area contributed by atoms with Crippen LogP contribution in [0.4, 0.5) is 13.2 Å². The summed E-state index contributed by atoms with van der Waals surface area (Å²) in [6, 6.07) is 0. The number of hydrogen-bond acceptors (Lipinski definition) is 4. The standard InChI is InChI=1S/C13H13F3N4O2/c1-2-22-12(21)11-7-3-4-9-8(5-17-18-9)10(7)19-20(11)6-13(14,15)16/h5H,2-4,6H2,1H3,(H,17,18). The fourth-order valence-corrected chi connectivity index (χ4v) is 2.62. The van der Waals surface area contributed by atoms with Crippen LogP contribution in [0.3, 0.4) is 0 Å². The summed E-state index contributed by atoms with van der Waals surface area (Å²) in [5, 5.41) is 10.7. The van der Waals surface area contributed by atoms with E-state index in [0.29, 0.717) is 34.3 Å². The molecule has 0 atom stereocenters. The maximum absolute atomic E-state index is 12.7. The van der Waals surface area contributed by atoms with Crippen LogP contribution in [0.25, 0.3) is 11.3 Å². The molecule has 0 aromatic carbocycles. The third-order valence-corrected chi connectivity index (χ3v) is 3.45. The number of rotatable bonds is 3. The number of hydrogen-bond donors (Lipinski definition) is 1. The maximum Gasteiger partial charge on any atom is 0.408 e. The zero-order valence-corrected chi connectivity index (χ0v) is 11.7. The first-order valence-electron chi connectivity index (χ1n) is 6.77. The summed E-state index contributed by atoms with van der Waals surface area (Å²) in [6.07, 6.45) is -1.99. The van der Waals surface area contributed by atoms with Gasteiger partial charge in [0.15, 0.2) is 5.69 Å². The molecule has 0 unspecified atom stereocenters. The first kappa shape index (κ1) is 14.6. The first-order valence-corrected chi connectivity index (χ1v) is 6.77. The summed E-state index contributed by atoms with van der Waals surface area (Å²) < 4.78 is 43.8. The van der Waals surface area contributed by atoms with Gasteiger partial charge in [-0.25, -0.2) is 9.48 Å². The molecule has 1 N–H and O–H groups in total. The van der Waals surface area contributed by atoms with E-state index < -0.39 is 18.7 Å². The van der Waals surface area contributed by atoms with Gasteiger partial charge >= 0.3 is 12.1 Å². The molecule has 1 aliphatic carbocycles. The van der Waals surface area contributed by atoms with Crippen LogP contribution in [-0.4, -0.2) is 38.7 Å². The van der Waals surface area contributed by atoms with Crippen molar-refractivity contribution in [2.75, 3.05) is 6.61 Å². The van der Waals surface area contributed by atoms with Crippen molar-refractivity contribution in [2.45, 2.75) is 32.5 Å². The summed E-state index contributed by atoms with van der Waals surface area (Å²) in [5.41, 5.74) is 2.16. The lowest BCUT2D eigenvalue weighted by molar-refractivity contribution is -0.142. The molecule has 6 nitrogen and oxygen atoms in total. The number of fused-ring (bicyclic) bond motifs is 3. The normalized spacial score (nSPS) is 13.6. The highest BCUT2D eigenvalue weighted by molar-refractivity contribution is 5.92. The smallest absolute Gasteiger partial charge is 0.408 e. The number of H-pyrrole nitrogens is 1. The SMILES string of the molecule is CCOC(=O)c1c2c(nn1CC(F)(F)F)-c1cn[nH]c1CC2. The fourth-order valence-electron chi connectivity index (χ4n) is 2.62. The molecule has 0 saturated heterocycles. The molecule has 2 heterocycles. The van der Waals surface area contributed by atoms with Crippen LogP contribution in [0.15, 0.2) is 6.20 Å². The van der Waals surface area contributed by atoms with Crippen LogP contribution in [0.2, 0.25) is 0 Å². The number of nitrogens with one attached hydrogen (secondary N) is 1. The Morgan fingerprint density at radius 3 is 2.91 bits per heavy atom. The van der Waals surface area contributed by atoms with Crippen molar-refractivity contribution >= 4 is 5.97 Å². The predicted octanol–water partition coefficient (Wildman–Crippen LogP) is 2.11. The molecule has 3 rings (SSSR count). The Labute approximate surface area is 123 Å². The molecule has 0 fully saturated rings. The molecule has 9 heteroatoms. The second kappa shape index (κ2) is 5.15.